The van der Waals surface area contributed by atoms with Gasteiger partial charge in [-0.1, -0.05) is 18.2 Å². The lowest BCUT2D eigenvalue weighted by atomic mass is 10.1. The van der Waals surface area contributed by atoms with E-state index in [1.54, 1.807) is 0 Å². The van der Waals surface area contributed by atoms with Crippen molar-refractivity contribution in [2.24, 2.45) is 0 Å². The van der Waals surface area contributed by atoms with Crippen molar-refractivity contribution >= 4 is 5.69 Å². The van der Waals surface area contributed by atoms with Crippen molar-refractivity contribution in [3.05, 3.63) is 36.7 Å². The highest BCUT2D eigenvalue weighted by atomic mass is 15.3. The van der Waals surface area contributed by atoms with Crippen molar-refractivity contribution < 1.29 is 0 Å². The number of nitrogen functional groups attached to an aromatic ring is 1. The number of aromatic nitrogens is 2. The van der Waals surface area contributed by atoms with Crippen LogP contribution in [0, 0.1) is 0 Å². The van der Waals surface area contributed by atoms with Gasteiger partial charge in [0.25, 0.3) is 0 Å². The maximum absolute atomic E-state index is 5.90. The number of nitrogens with two attached hydrogens (primary N) is 1. The molecule has 0 spiro atoms. The summed E-state index contributed by atoms with van der Waals surface area (Å²) in [5, 5.41) is 4.29. The summed E-state index contributed by atoms with van der Waals surface area (Å²) in [7, 11) is 0. The zero-order valence-corrected chi connectivity index (χ0v) is 9.01. The Morgan fingerprint density at radius 2 is 2.00 bits per heavy atom. The van der Waals surface area contributed by atoms with Gasteiger partial charge in [-0.05, 0) is 19.9 Å². The predicted octanol–water partition coefficient (Wildman–Crippen LogP) is 2.71. The smallest absolute Gasteiger partial charge is 0.0569 e. The van der Waals surface area contributed by atoms with E-state index in [0.717, 1.165) is 16.8 Å². The summed E-state index contributed by atoms with van der Waals surface area (Å²) < 4.78 is 1.93. The summed E-state index contributed by atoms with van der Waals surface area (Å²) >= 11 is 0. The molecular weight excluding hydrogens is 186 g/mol. The lowest BCUT2D eigenvalue weighted by Gasteiger charge is -2.04. The molecule has 0 saturated heterocycles. The van der Waals surface area contributed by atoms with Crippen LogP contribution in [0.3, 0.4) is 0 Å². The van der Waals surface area contributed by atoms with E-state index in [9.17, 15) is 0 Å². The molecular formula is C12H15N3. The standard InChI is InChI=1S/C12H15N3/c1-9(2)15-8-10(7-14-15)11-5-3-4-6-12(11)13/h3-9H,13H2,1-2H3. The van der Waals surface area contributed by atoms with Crippen LogP contribution in [0.2, 0.25) is 0 Å². The quantitative estimate of drug-likeness (QED) is 0.759. The Bertz CT molecular complexity index is 457. The molecule has 3 nitrogen and oxygen atoms in total. The Kier molecular flexibility index (Phi) is 2.46. The molecule has 15 heavy (non-hydrogen) atoms. The Labute approximate surface area is 89.5 Å². The maximum Gasteiger partial charge on any atom is 0.0569 e. The van der Waals surface area contributed by atoms with Crippen LogP contribution in [-0.4, -0.2) is 9.78 Å². The van der Waals surface area contributed by atoms with Crippen molar-refractivity contribution in [3.8, 4) is 11.1 Å². The zero-order valence-electron chi connectivity index (χ0n) is 9.01. The second-order valence-electron chi connectivity index (χ2n) is 3.89. The van der Waals surface area contributed by atoms with Crippen molar-refractivity contribution in [2.75, 3.05) is 5.73 Å². The zero-order chi connectivity index (χ0) is 10.8. The molecule has 1 aromatic carbocycles. The summed E-state index contributed by atoms with van der Waals surface area (Å²) in [5.74, 6) is 0. The predicted molar refractivity (Wildman–Crippen MR) is 62.5 cm³/mol. The van der Waals surface area contributed by atoms with Crippen molar-refractivity contribution in [3.63, 3.8) is 0 Å². The SMILES string of the molecule is CC(C)n1cc(-c2ccccc2N)cn1. The molecule has 0 saturated carbocycles. The van der Waals surface area contributed by atoms with Gasteiger partial charge in [0.15, 0.2) is 0 Å². The van der Waals surface area contributed by atoms with Crippen molar-refractivity contribution in [2.45, 2.75) is 19.9 Å². The van der Waals surface area contributed by atoms with Crippen molar-refractivity contribution in [1.82, 2.24) is 9.78 Å². The van der Waals surface area contributed by atoms with Crippen LogP contribution in [-0.2, 0) is 0 Å². The second kappa shape index (κ2) is 3.77. The van der Waals surface area contributed by atoms with Crippen LogP contribution in [0.5, 0.6) is 0 Å². The van der Waals surface area contributed by atoms with E-state index in [-0.39, 0.29) is 0 Å². The highest BCUT2D eigenvalue weighted by molar-refractivity contribution is 5.75. The van der Waals surface area contributed by atoms with Gasteiger partial charge in [0.2, 0.25) is 0 Å². The minimum Gasteiger partial charge on any atom is -0.398 e. The number of hydrogen-bond donors (Lipinski definition) is 1. The molecule has 3 heteroatoms. The van der Waals surface area contributed by atoms with E-state index in [1.165, 1.54) is 0 Å². The number of hydrogen-bond acceptors (Lipinski definition) is 2. The Morgan fingerprint density at radius 1 is 1.27 bits per heavy atom. The molecule has 0 unspecified atom stereocenters. The van der Waals surface area contributed by atoms with Crippen LogP contribution in [0.25, 0.3) is 11.1 Å². The number of rotatable bonds is 2. The minimum atomic E-state index is 0.378. The largest absolute Gasteiger partial charge is 0.398 e. The molecule has 0 aliphatic heterocycles. The summed E-state index contributed by atoms with van der Waals surface area (Å²) in [6.45, 7) is 4.20. The molecule has 0 atom stereocenters. The van der Waals surface area contributed by atoms with Crippen LogP contribution in [0.4, 0.5) is 5.69 Å². The Morgan fingerprint density at radius 3 is 2.60 bits per heavy atom. The van der Waals surface area contributed by atoms with Crippen LogP contribution in [0.1, 0.15) is 19.9 Å². The minimum absolute atomic E-state index is 0.378. The van der Waals surface area contributed by atoms with Gasteiger partial charge in [-0.2, -0.15) is 5.10 Å². The van der Waals surface area contributed by atoms with Gasteiger partial charge in [0, 0.05) is 29.1 Å². The van der Waals surface area contributed by atoms with Crippen LogP contribution >= 0.6 is 0 Å². The molecule has 0 aliphatic carbocycles. The van der Waals surface area contributed by atoms with E-state index in [0.29, 0.717) is 6.04 Å². The second-order valence-corrected chi connectivity index (χ2v) is 3.89. The molecule has 1 aromatic heterocycles. The van der Waals surface area contributed by atoms with Gasteiger partial charge in [-0.15, -0.1) is 0 Å². The first-order valence-corrected chi connectivity index (χ1v) is 5.07. The normalized spacial score (nSPS) is 10.9. The molecule has 0 radical (unpaired) electrons. The molecule has 2 aromatic rings. The van der Waals surface area contributed by atoms with E-state index in [1.807, 2.05) is 41.3 Å². The molecule has 0 bridgehead atoms. The van der Waals surface area contributed by atoms with Gasteiger partial charge < -0.3 is 5.73 Å². The van der Waals surface area contributed by atoms with E-state index in [2.05, 4.69) is 18.9 Å². The summed E-state index contributed by atoms with van der Waals surface area (Å²) in [4.78, 5) is 0. The summed E-state index contributed by atoms with van der Waals surface area (Å²) in [6.07, 6.45) is 3.88. The Hall–Kier alpha value is -1.77. The molecule has 2 rings (SSSR count). The van der Waals surface area contributed by atoms with Gasteiger partial charge >= 0.3 is 0 Å². The highest BCUT2D eigenvalue weighted by Gasteiger charge is 2.05. The third-order valence-electron chi connectivity index (χ3n) is 2.40. The first-order valence-electron chi connectivity index (χ1n) is 5.07. The fraction of sp³-hybridized carbons (Fsp3) is 0.250. The number of nitrogens with zero attached hydrogens (tertiary/aromatic N) is 2. The monoisotopic (exact) mass is 201 g/mol. The fourth-order valence-electron chi connectivity index (χ4n) is 1.52. The van der Waals surface area contributed by atoms with Crippen LogP contribution in [0.15, 0.2) is 36.7 Å². The molecule has 1 heterocycles. The number of anilines is 1. The lowest BCUT2D eigenvalue weighted by Crippen LogP contribution is -1.99. The third kappa shape index (κ3) is 1.86. The first kappa shape index (κ1) is 9.77. The van der Waals surface area contributed by atoms with E-state index in [4.69, 9.17) is 5.73 Å². The molecule has 0 amide bonds. The maximum atomic E-state index is 5.90. The molecule has 2 N–H and O–H groups in total. The number of benzene rings is 1. The molecule has 0 fully saturated rings. The molecule has 0 aliphatic rings. The summed E-state index contributed by atoms with van der Waals surface area (Å²) in [5.41, 5.74) is 8.81. The first-order chi connectivity index (χ1) is 7.18. The van der Waals surface area contributed by atoms with Gasteiger partial charge in [0.1, 0.15) is 0 Å². The van der Waals surface area contributed by atoms with Crippen molar-refractivity contribution in [1.29, 1.82) is 0 Å². The van der Waals surface area contributed by atoms with Gasteiger partial charge in [0.05, 0.1) is 6.20 Å². The summed E-state index contributed by atoms with van der Waals surface area (Å²) in [6, 6.07) is 8.21. The lowest BCUT2D eigenvalue weighted by molar-refractivity contribution is 0.532. The van der Waals surface area contributed by atoms with Gasteiger partial charge in [-0.3, -0.25) is 4.68 Å². The third-order valence-corrected chi connectivity index (χ3v) is 2.40. The average molecular weight is 201 g/mol. The molecule has 78 valence electrons. The Balaban J connectivity index is 2.42. The number of para-hydroxylation sites is 1. The van der Waals surface area contributed by atoms with Gasteiger partial charge in [-0.25, -0.2) is 0 Å². The topological polar surface area (TPSA) is 43.8 Å². The fourth-order valence-corrected chi connectivity index (χ4v) is 1.52. The van der Waals surface area contributed by atoms with E-state index < -0.39 is 0 Å². The van der Waals surface area contributed by atoms with E-state index >= 15 is 0 Å². The highest BCUT2D eigenvalue weighted by Crippen LogP contribution is 2.25. The van der Waals surface area contributed by atoms with Crippen LogP contribution < -0.4 is 5.73 Å². The average Bonchev–Trinajstić information content (AvgIpc) is 2.67.